The molecule has 0 aromatic heterocycles. The van der Waals surface area contributed by atoms with Crippen molar-refractivity contribution in [2.75, 3.05) is 6.61 Å². The largest absolute Gasteiger partial charge is 0.493 e. The molecule has 1 aliphatic heterocycles. The molecule has 0 saturated carbocycles. The van der Waals surface area contributed by atoms with Gasteiger partial charge >= 0.3 is 0 Å². The first kappa shape index (κ1) is 22.2. The van der Waals surface area contributed by atoms with Crippen LogP contribution in [0.1, 0.15) is 45.2 Å². The van der Waals surface area contributed by atoms with Crippen LogP contribution in [-0.2, 0) is 4.79 Å². The molecule has 2 aromatic carbocycles. The second-order valence-electron chi connectivity index (χ2n) is 8.05. The highest BCUT2D eigenvalue weighted by molar-refractivity contribution is 8.18. The molecule has 2 aromatic rings. The molecule has 4 nitrogen and oxygen atoms in total. The van der Waals surface area contributed by atoms with Gasteiger partial charge in [0.2, 0.25) is 0 Å². The minimum Gasteiger partial charge on any atom is -0.493 e. The number of hydrogen-bond donors (Lipinski definition) is 0. The third-order valence-electron chi connectivity index (χ3n) is 4.89. The molecule has 1 atom stereocenters. The summed E-state index contributed by atoms with van der Waals surface area (Å²) in [6.07, 6.45) is 2.81. The Bertz CT molecular complexity index is 931. The van der Waals surface area contributed by atoms with Gasteiger partial charge in [0, 0.05) is 6.04 Å². The molecular weight excluding hydrogens is 392 g/mol. The van der Waals surface area contributed by atoms with Gasteiger partial charge in [-0.3, -0.25) is 9.69 Å². The van der Waals surface area contributed by atoms with Crippen molar-refractivity contribution in [3.63, 3.8) is 0 Å². The van der Waals surface area contributed by atoms with Gasteiger partial charge in [-0.15, -0.1) is 0 Å². The Morgan fingerprint density at radius 3 is 2.33 bits per heavy atom. The lowest BCUT2D eigenvalue weighted by molar-refractivity contribution is -0.123. The van der Waals surface area contributed by atoms with Gasteiger partial charge in [-0.05, 0) is 73.9 Å². The van der Waals surface area contributed by atoms with Crippen LogP contribution in [-0.4, -0.2) is 28.6 Å². The number of carbonyl (C=O) groups is 1. The van der Waals surface area contributed by atoms with Gasteiger partial charge in [0.1, 0.15) is 5.75 Å². The number of hydrogen-bond acceptors (Lipinski definition) is 4. The third kappa shape index (κ3) is 5.54. The number of aryl methyl sites for hydroxylation is 1. The molecule has 1 heterocycles. The number of amidine groups is 1. The summed E-state index contributed by atoms with van der Waals surface area (Å²) in [6.45, 7) is 11.1. The first-order valence-corrected chi connectivity index (χ1v) is 11.3. The van der Waals surface area contributed by atoms with Gasteiger partial charge < -0.3 is 4.74 Å². The number of thioether (sulfide) groups is 1. The van der Waals surface area contributed by atoms with E-state index in [9.17, 15) is 4.79 Å². The van der Waals surface area contributed by atoms with Crippen LogP contribution in [0.4, 0.5) is 5.69 Å². The monoisotopic (exact) mass is 422 g/mol. The quantitative estimate of drug-likeness (QED) is 0.483. The Hall–Kier alpha value is -2.53. The highest BCUT2D eigenvalue weighted by Gasteiger charge is 2.36. The molecule has 5 heteroatoms. The maximum absolute atomic E-state index is 13.1. The van der Waals surface area contributed by atoms with E-state index in [2.05, 4.69) is 34.6 Å². The Kier molecular flexibility index (Phi) is 7.38. The summed E-state index contributed by atoms with van der Waals surface area (Å²) in [6, 6.07) is 16.0. The van der Waals surface area contributed by atoms with E-state index in [1.54, 1.807) is 0 Å². The minimum absolute atomic E-state index is 0.0142. The standard InChI is InChI=1S/C25H30N2O2S/c1-6-19(5)27-24(28)23(30-25(27)26-21-11-7-18(4)8-12-21)15-20-9-13-22(14-10-20)29-16-17(2)3/h7-15,17,19H,6,16H2,1-5H3/b23-15+,26-25?/t19-/m0/s1. The molecule has 0 aliphatic carbocycles. The lowest BCUT2D eigenvalue weighted by atomic mass is 10.2. The molecule has 0 unspecified atom stereocenters. The van der Waals surface area contributed by atoms with E-state index in [0.29, 0.717) is 17.4 Å². The topological polar surface area (TPSA) is 41.9 Å². The smallest absolute Gasteiger partial charge is 0.266 e. The van der Waals surface area contributed by atoms with Crippen LogP contribution in [0.5, 0.6) is 5.75 Å². The average molecular weight is 423 g/mol. The lowest BCUT2D eigenvalue weighted by Crippen LogP contribution is -2.36. The molecule has 0 bridgehead atoms. The van der Waals surface area contributed by atoms with E-state index in [-0.39, 0.29) is 11.9 Å². The maximum Gasteiger partial charge on any atom is 0.266 e. The highest BCUT2D eigenvalue weighted by atomic mass is 32.2. The molecule has 30 heavy (non-hydrogen) atoms. The number of nitrogens with zero attached hydrogens (tertiary/aromatic N) is 2. The number of carbonyl (C=O) groups excluding carboxylic acids is 1. The van der Waals surface area contributed by atoms with Gasteiger partial charge in [0.25, 0.3) is 5.91 Å². The van der Waals surface area contributed by atoms with E-state index in [1.807, 2.05) is 59.5 Å². The highest BCUT2D eigenvalue weighted by Crippen LogP contribution is 2.36. The molecular formula is C25H30N2O2S. The van der Waals surface area contributed by atoms with Crippen LogP contribution in [0, 0.1) is 12.8 Å². The second kappa shape index (κ2) is 9.98. The van der Waals surface area contributed by atoms with Crippen LogP contribution in [0.15, 0.2) is 58.4 Å². The minimum atomic E-state index is 0.0142. The van der Waals surface area contributed by atoms with Crippen LogP contribution < -0.4 is 4.74 Å². The van der Waals surface area contributed by atoms with E-state index in [0.717, 1.165) is 28.6 Å². The number of ether oxygens (including phenoxy) is 1. The molecule has 3 rings (SSSR count). The average Bonchev–Trinajstić information content (AvgIpc) is 3.03. The Balaban J connectivity index is 1.84. The fourth-order valence-electron chi connectivity index (χ4n) is 2.94. The fourth-order valence-corrected chi connectivity index (χ4v) is 4.03. The van der Waals surface area contributed by atoms with Crippen molar-refractivity contribution in [3.05, 3.63) is 64.6 Å². The maximum atomic E-state index is 13.1. The van der Waals surface area contributed by atoms with Crippen molar-refractivity contribution >= 4 is 34.6 Å². The molecule has 1 aliphatic rings. The zero-order valence-corrected chi connectivity index (χ0v) is 19.2. The summed E-state index contributed by atoms with van der Waals surface area (Å²) in [5, 5.41) is 0.737. The van der Waals surface area contributed by atoms with Crippen LogP contribution in [0.2, 0.25) is 0 Å². The predicted molar refractivity (Wildman–Crippen MR) is 127 cm³/mol. The number of benzene rings is 2. The summed E-state index contributed by atoms with van der Waals surface area (Å²) in [5.74, 6) is 1.34. The Morgan fingerprint density at radius 1 is 1.07 bits per heavy atom. The van der Waals surface area contributed by atoms with E-state index in [4.69, 9.17) is 9.73 Å². The Morgan fingerprint density at radius 2 is 1.73 bits per heavy atom. The lowest BCUT2D eigenvalue weighted by Gasteiger charge is -2.22. The molecule has 0 radical (unpaired) electrons. The zero-order chi connectivity index (χ0) is 21.7. The zero-order valence-electron chi connectivity index (χ0n) is 18.4. The van der Waals surface area contributed by atoms with E-state index in [1.165, 1.54) is 17.3 Å². The van der Waals surface area contributed by atoms with Gasteiger partial charge in [-0.1, -0.05) is 50.6 Å². The number of aliphatic imine (C=N–C) groups is 1. The Labute approximate surface area is 184 Å². The molecule has 0 N–H and O–H groups in total. The molecule has 1 fully saturated rings. The SMILES string of the molecule is CC[C@H](C)N1C(=O)/C(=C\c2ccc(OCC(C)C)cc2)SC1=Nc1ccc(C)cc1. The normalized spacial score (nSPS) is 17.9. The van der Waals surface area contributed by atoms with Gasteiger partial charge in [-0.25, -0.2) is 4.99 Å². The number of rotatable bonds is 7. The summed E-state index contributed by atoms with van der Waals surface area (Å²) >= 11 is 1.44. The first-order chi connectivity index (χ1) is 14.4. The van der Waals surface area contributed by atoms with E-state index < -0.39 is 0 Å². The molecule has 1 amide bonds. The van der Waals surface area contributed by atoms with Crippen LogP contribution in [0.25, 0.3) is 6.08 Å². The first-order valence-electron chi connectivity index (χ1n) is 10.5. The summed E-state index contributed by atoms with van der Waals surface area (Å²) in [7, 11) is 0. The van der Waals surface area contributed by atoms with Gasteiger partial charge in [0.15, 0.2) is 5.17 Å². The molecule has 158 valence electrons. The third-order valence-corrected chi connectivity index (χ3v) is 5.87. The van der Waals surface area contributed by atoms with Crippen molar-refractivity contribution in [2.24, 2.45) is 10.9 Å². The molecule has 0 spiro atoms. The second-order valence-corrected chi connectivity index (χ2v) is 9.06. The van der Waals surface area contributed by atoms with Crippen molar-refractivity contribution in [2.45, 2.75) is 47.1 Å². The van der Waals surface area contributed by atoms with Crippen molar-refractivity contribution in [1.82, 2.24) is 4.90 Å². The number of amides is 1. The van der Waals surface area contributed by atoms with Crippen molar-refractivity contribution in [3.8, 4) is 5.75 Å². The van der Waals surface area contributed by atoms with Crippen molar-refractivity contribution < 1.29 is 9.53 Å². The van der Waals surface area contributed by atoms with Crippen molar-refractivity contribution in [1.29, 1.82) is 0 Å². The molecule has 1 saturated heterocycles. The van der Waals surface area contributed by atoms with Crippen LogP contribution in [0.3, 0.4) is 0 Å². The predicted octanol–water partition coefficient (Wildman–Crippen LogP) is 6.43. The van der Waals surface area contributed by atoms with Gasteiger partial charge in [-0.2, -0.15) is 0 Å². The summed E-state index contributed by atoms with van der Waals surface area (Å²) < 4.78 is 5.75. The van der Waals surface area contributed by atoms with Crippen LogP contribution >= 0.6 is 11.8 Å². The summed E-state index contributed by atoms with van der Waals surface area (Å²) in [4.78, 5) is 20.4. The van der Waals surface area contributed by atoms with E-state index >= 15 is 0 Å². The fraction of sp³-hybridized carbons (Fsp3) is 0.360. The van der Waals surface area contributed by atoms with Gasteiger partial charge in [0.05, 0.1) is 17.2 Å². The summed E-state index contributed by atoms with van der Waals surface area (Å²) in [5.41, 5.74) is 3.02.